The largest absolute Gasteiger partial charge is 0.289 e. The van der Waals surface area contributed by atoms with Crippen molar-refractivity contribution >= 4 is 71.5 Å². The summed E-state index contributed by atoms with van der Waals surface area (Å²) in [6, 6.07) is 14.7. The summed E-state index contributed by atoms with van der Waals surface area (Å²) in [6.45, 7) is 0. The van der Waals surface area contributed by atoms with Crippen LogP contribution in [0.15, 0.2) is 62.7 Å². The molecule has 4 aromatic carbocycles. The number of benzene rings is 3. The van der Waals surface area contributed by atoms with Crippen molar-refractivity contribution in [3.63, 3.8) is 0 Å². The highest BCUT2D eigenvalue weighted by Crippen LogP contribution is 2.42. The van der Waals surface area contributed by atoms with Crippen molar-refractivity contribution in [3.05, 3.63) is 79.0 Å². The molecule has 1 heterocycles. The molecule has 4 aromatic rings. The maximum absolute atomic E-state index is 13.1. The summed E-state index contributed by atoms with van der Waals surface area (Å²) >= 11 is 10.9. The van der Waals surface area contributed by atoms with E-state index in [9.17, 15) is 9.59 Å². The Morgan fingerprint density at radius 2 is 1.72 bits per heavy atom. The van der Waals surface area contributed by atoms with E-state index in [1.807, 2.05) is 30.3 Å². The van der Waals surface area contributed by atoms with Gasteiger partial charge in [-0.3, -0.25) is 9.59 Å². The predicted octanol–water partition coefficient (Wildman–Crippen LogP) is 5.02. The third-order valence-electron chi connectivity index (χ3n) is 4.56. The Labute approximate surface area is 159 Å². The predicted molar refractivity (Wildman–Crippen MR) is 107 cm³/mol. The Morgan fingerprint density at radius 1 is 0.920 bits per heavy atom. The van der Waals surface area contributed by atoms with E-state index >= 15 is 0 Å². The fourth-order valence-electron chi connectivity index (χ4n) is 3.46. The second-order valence-corrected chi connectivity index (χ2v) is 8.27. The van der Waals surface area contributed by atoms with Gasteiger partial charge in [0.1, 0.15) is 0 Å². The van der Waals surface area contributed by atoms with Crippen molar-refractivity contribution in [2.75, 3.05) is 0 Å². The highest BCUT2D eigenvalue weighted by Gasteiger charge is 2.29. The molecule has 2 nitrogen and oxygen atoms in total. The van der Waals surface area contributed by atoms with Gasteiger partial charge in [0.15, 0.2) is 5.43 Å². The van der Waals surface area contributed by atoms with Crippen LogP contribution in [-0.4, -0.2) is 5.78 Å². The molecular weight excluding hydrogens is 420 g/mol. The van der Waals surface area contributed by atoms with E-state index in [0.717, 1.165) is 25.5 Å². The summed E-state index contributed by atoms with van der Waals surface area (Å²) in [5, 5.41) is 4.45. The second kappa shape index (κ2) is 5.31. The lowest BCUT2D eigenvalue weighted by Crippen LogP contribution is -2.23. The number of thioether (sulfide) groups is 1. The zero-order valence-electron chi connectivity index (χ0n) is 12.6. The first-order chi connectivity index (χ1) is 12.1. The number of hydrogen-bond donors (Lipinski definition) is 0. The summed E-state index contributed by atoms with van der Waals surface area (Å²) in [7, 11) is 0. The molecule has 0 fully saturated rings. The van der Waals surface area contributed by atoms with Crippen LogP contribution in [0.5, 0.6) is 0 Å². The van der Waals surface area contributed by atoms with E-state index in [4.69, 9.17) is 11.6 Å². The number of hydrogen-bond acceptors (Lipinski definition) is 3. The molecule has 1 aliphatic rings. The van der Waals surface area contributed by atoms with Crippen molar-refractivity contribution in [1.82, 2.24) is 0 Å². The summed E-state index contributed by atoms with van der Waals surface area (Å²) in [4.78, 5) is 27.3. The Bertz CT molecular complexity index is 1330. The van der Waals surface area contributed by atoms with E-state index in [-0.39, 0.29) is 11.2 Å². The lowest BCUT2D eigenvalue weighted by molar-refractivity contribution is 0.105. The van der Waals surface area contributed by atoms with Crippen LogP contribution in [0.3, 0.4) is 0 Å². The minimum atomic E-state index is -0.108. The Hall–Kier alpha value is -1.88. The summed E-state index contributed by atoms with van der Waals surface area (Å²) < 4.78 is 0.938. The van der Waals surface area contributed by atoms with Crippen LogP contribution in [0.2, 0.25) is 5.02 Å². The van der Waals surface area contributed by atoms with Gasteiger partial charge in [-0.05, 0) is 41.1 Å². The lowest BCUT2D eigenvalue weighted by Gasteiger charge is -2.00. The normalized spacial score (nSPS) is 16.2. The van der Waals surface area contributed by atoms with Crippen LogP contribution in [0.25, 0.3) is 26.5 Å². The first-order valence-corrected chi connectivity index (χ1v) is 9.57. The van der Waals surface area contributed by atoms with E-state index < -0.39 is 0 Å². The number of carbonyl (C=O) groups is 1. The monoisotopic (exact) mass is 426 g/mol. The molecule has 1 aliphatic heterocycles. The minimum Gasteiger partial charge on any atom is -0.289 e. The molecule has 5 heteroatoms. The van der Waals surface area contributed by atoms with Gasteiger partial charge in [-0.2, -0.15) is 0 Å². The van der Waals surface area contributed by atoms with E-state index in [0.29, 0.717) is 26.1 Å². The lowest BCUT2D eigenvalue weighted by atomic mass is 10.1. The van der Waals surface area contributed by atoms with Gasteiger partial charge in [0.05, 0.1) is 4.91 Å². The number of halogens is 2. The zero-order chi connectivity index (χ0) is 17.3. The SMILES string of the molecule is O=C1C(=c2c(=O)c3ccc(Br)c4cccc2c43)Sc2cc(Cl)ccc21. The van der Waals surface area contributed by atoms with Crippen molar-refractivity contribution in [2.45, 2.75) is 4.90 Å². The van der Waals surface area contributed by atoms with Gasteiger partial charge in [0, 0.05) is 35.9 Å². The van der Waals surface area contributed by atoms with Gasteiger partial charge in [-0.25, -0.2) is 0 Å². The Morgan fingerprint density at radius 3 is 2.56 bits per heavy atom. The van der Waals surface area contributed by atoms with Gasteiger partial charge in [-0.1, -0.05) is 57.5 Å². The molecule has 0 saturated carbocycles. The van der Waals surface area contributed by atoms with E-state index in [1.54, 1.807) is 18.2 Å². The summed E-state index contributed by atoms with van der Waals surface area (Å²) in [6.07, 6.45) is 0. The number of rotatable bonds is 0. The van der Waals surface area contributed by atoms with Crippen molar-refractivity contribution in [2.24, 2.45) is 0 Å². The molecule has 0 aromatic heterocycles. The smallest absolute Gasteiger partial charge is 0.201 e. The molecule has 120 valence electrons. The molecule has 0 saturated heterocycles. The average Bonchev–Trinajstić information content (AvgIpc) is 3.06. The van der Waals surface area contributed by atoms with Gasteiger partial charge in [0.2, 0.25) is 5.78 Å². The topological polar surface area (TPSA) is 34.1 Å². The summed E-state index contributed by atoms with van der Waals surface area (Å²) in [5.74, 6) is -0.108. The number of carbonyl (C=O) groups excluding carboxylic acids is 1. The molecule has 0 amide bonds. The molecule has 0 spiro atoms. The first kappa shape index (κ1) is 15.4. The fraction of sp³-hybridized carbons (Fsp3) is 0. The van der Waals surface area contributed by atoms with Crippen LogP contribution in [0, 0.1) is 0 Å². The second-order valence-electron chi connectivity index (χ2n) is 5.93. The minimum absolute atomic E-state index is 0.0894. The third kappa shape index (κ3) is 2.05. The maximum Gasteiger partial charge on any atom is 0.201 e. The third-order valence-corrected chi connectivity index (χ3v) is 6.64. The summed E-state index contributed by atoms with van der Waals surface area (Å²) in [5.41, 5.74) is 0.516. The standard InChI is InChI=1S/C20H8BrClO2S/c21-14-7-6-13-16-10(14)2-1-3-12(16)17(18(13)23)20-19(24)11-5-4-9(22)8-15(11)25-20/h1-8H. The molecular formula is C20H8BrClO2S. The fourth-order valence-corrected chi connectivity index (χ4v) is 5.35. The quantitative estimate of drug-likeness (QED) is 0.395. The van der Waals surface area contributed by atoms with Crippen LogP contribution in [0.4, 0.5) is 0 Å². The molecule has 0 N–H and O–H groups in total. The molecule has 0 radical (unpaired) electrons. The molecule has 5 rings (SSSR count). The molecule has 0 unspecified atom stereocenters. The molecule has 0 atom stereocenters. The zero-order valence-corrected chi connectivity index (χ0v) is 15.8. The van der Waals surface area contributed by atoms with Gasteiger partial charge < -0.3 is 0 Å². The van der Waals surface area contributed by atoms with Crippen LogP contribution in [-0.2, 0) is 0 Å². The van der Waals surface area contributed by atoms with Gasteiger partial charge in [0.25, 0.3) is 0 Å². The van der Waals surface area contributed by atoms with Gasteiger partial charge >= 0.3 is 0 Å². The molecule has 0 aliphatic carbocycles. The van der Waals surface area contributed by atoms with Crippen molar-refractivity contribution in [3.8, 4) is 0 Å². The van der Waals surface area contributed by atoms with Crippen molar-refractivity contribution < 1.29 is 4.79 Å². The van der Waals surface area contributed by atoms with Crippen LogP contribution >= 0.6 is 39.3 Å². The Kier molecular flexibility index (Phi) is 3.26. The molecule has 0 bridgehead atoms. The van der Waals surface area contributed by atoms with Crippen LogP contribution < -0.4 is 10.6 Å². The average molecular weight is 428 g/mol. The van der Waals surface area contributed by atoms with E-state index in [1.165, 1.54) is 11.8 Å². The van der Waals surface area contributed by atoms with E-state index in [2.05, 4.69) is 15.9 Å². The number of Topliss-reactive ketones (excluding diaryl/α,β-unsaturated/α-hetero) is 1. The highest BCUT2D eigenvalue weighted by molar-refractivity contribution is 9.10. The van der Waals surface area contributed by atoms with Crippen molar-refractivity contribution in [1.29, 1.82) is 0 Å². The van der Waals surface area contributed by atoms with Gasteiger partial charge in [-0.15, -0.1) is 0 Å². The van der Waals surface area contributed by atoms with Crippen LogP contribution in [0.1, 0.15) is 10.4 Å². The number of fused-ring (bicyclic) bond motifs is 1. The maximum atomic E-state index is 13.1. The molecule has 25 heavy (non-hydrogen) atoms. The highest BCUT2D eigenvalue weighted by atomic mass is 79.9. The Balaban J connectivity index is 1.97. The number of ketones is 1. The first-order valence-electron chi connectivity index (χ1n) is 7.59.